The lowest BCUT2D eigenvalue weighted by Crippen LogP contribution is -2.30. The molecule has 0 radical (unpaired) electrons. The van der Waals surface area contributed by atoms with Crippen molar-refractivity contribution in [3.05, 3.63) is 28.8 Å². The van der Waals surface area contributed by atoms with E-state index >= 15 is 0 Å². The number of hydrogen-bond acceptors (Lipinski definition) is 3. The molecule has 1 aromatic rings. The third kappa shape index (κ3) is 5.70. The van der Waals surface area contributed by atoms with Gasteiger partial charge >= 0.3 is 5.97 Å². The van der Waals surface area contributed by atoms with E-state index < -0.39 is 12.0 Å². The lowest BCUT2D eigenvalue weighted by Gasteiger charge is -2.14. The van der Waals surface area contributed by atoms with Crippen molar-refractivity contribution < 1.29 is 14.6 Å². The molecule has 5 heteroatoms. The average Bonchev–Trinajstić information content (AvgIpc) is 2.98. The van der Waals surface area contributed by atoms with Crippen LogP contribution in [0.15, 0.2) is 18.2 Å². The van der Waals surface area contributed by atoms with E-state index in [9.17, 15) is 4.79 Å². The third-order valence-corrected chi connectivity index (χ3v) is 4.62. The predicted molar refractivity (Wildman–Crippen MR) is 92.4 cm³/mol. The summed E-state index contributed by atoms with van der Waals surface area (Å²) >= 11 is 6.34. The van der Waals surface area contributed by atoms with Crippen molar-refractivity contribution in [1.82, 2.24) is 5.32 Å². The fourth-order valence-electron chi connectivity index (χ4n) is 2.90. The van der Waals surface area contributed by atoms with Crippen LogP contribution in [0.4, 0.5) is 0 Å². The van der Waals surface area contributed by atoms with E-state index in [1.54, 1.807) is 0 Å². The van der Waals surface area contributed by atoms with Gasteiger partial charge in [0.25, 0.3) is 0 Å². The van der Waals surface area contributed by atoms with Gasteiger partial charge in [0.05, 0.1) is 0 Å². The minimum Gasteiger partial charge on any atom is -0.489 e. The molecule has 1 aliphatic heterocycles. The van der Waals surface area contributed by atoms with Crippen molar-refractivity contribution in [2.24, 2.45) is 0 Å². The maximum atomic E-state index is 10.9. The maximum Gasteiger partial charge on any atom is 0.320 e. The number of nitrogens with one attached hydrogen (secondary N) is 1. The molecule has 1 aromatic carbocycles. The maximum absolute atomic E-state index is 10.9. The summed E-state index contributed by atoms with van der Waals surface area (Å²) < 4.78 is 5.84. The summed E-state index contributed by atoms with van der Waals surface area (Å²) in [4.78, 5) is 10.9. The number of benzene rings is 1. The van der Waals surface area contributed by atoms with E-state index in [0.717, 1.165) is 23.4 Å². The van der Waals surface area contributed by atoms with Gasteiger partial charge in [0.1, 0.15) is 17.9 Å². The van der Waals surface area contributed by atoms with E-state index in [2.05, 4.69) is 12.2 Å². The second kappa shape index (κ2) is 9.14. The molecule has 23 heavy (non-hydrogen) atoms. The number of aliphatic carboxylic acids is 1. The fourth-order valence-corrected chi connectivity index (χ4v) is 3.16. The molecule has 2 atom stereocenters. The Labute approximate surface area is 143 Å². The van der Waals surface area contributed by atoms with E-state index in [4.69, 9.17) is 21.4 Å². The summed E-state index contributed by atoms with van der Waals surface area (Å²) in [5, 5.41) is 12.6. The highest BCUT2D eigenvalue weighted by Gasteiger charge is 2.30. The third-order valence-electron chi connectivity index (χ3n) is 4.27. The van der Waals surface area contributed by atoms with Gasteiger partial charge in [0.2, 0.25) is 0 Å². The van der Waals surface area contributed by atoms with E-state index in [1.807, 2.05) is 18.2 Å². The van der Waals surface area contributed by atoms with Crippen LogP contribution in [0.25, 0.3) is 0 Å². The Morgan fingerprint density at radius 1 is 1.35 bits per heavy atom. The van der Waals surface area contributed by atoms with Gasteiger partial charge < -0.3 is 15.2 Å². The summed E-state index contributed by atoms with van der Waals surface area (Å²) in [5.41, 5.74) is 1.16. The number of halogens is 1. The number of hydrogen-bond donors (Lipinski definition) is 2. The second-order valence-electron chi connectivity index (χ2n) is 6.19. The normalized spacial score (nSPS) is 20.6. The number of ether oxygens (including phenoxy) is 1. The van der Waals surface area contributed by atoms with Crippen LogP contribution < -0.4 is 10.1 Å². The van der Waals surface area contributed by atoms with Crippen molar-refractivity contribution in [1.29, 1.82) is 0 Å². The Morgan fingerprint density at radius 2 is 2.13 bits per heavy atom. The lowest BCUT2D eigenvalue weighted by molar-refractivity contribution is -0.139. The summed E-state index contributed by atoms with van der Waals surface area (Å²) in [7, 11) is 0. The molecule has 0 aliphatic carbocycles. The standard InChI is InChI=1S/C18H26ClNO3/c1-2-3-4-5-6-7-13-8-9-14(10-16(13)19)23-15-11-17(18(21)22)20-12-15/h8-10,15,17,20H,2-7,11-12H2,1H3,(H,21,22)/t15-,17+/m0/s1. The van der Waals surface area contributed by atoms with Gasteiger partial charge in [0.15, 0.2) is 0 Å². The highest BCUT2D eigenvalue weighted by molar-refractivity contribution is 6.31. The zero-order chi connectivity index (χ0) is 16.7. The summed E-state index contributed by atoms with van der Waals surface area (Å²) in [6.07, 6.45) is 7.60. The Hall–Kier alpha value is -1.26. The first-order valence-electron chi connectivity index (χ1n) is 8.51. The van der Waals surface area contributed by atoms with Crippen molar-refractivity contribution >= 4 is 17.6 Å². The summed E-state index contributed by atoms with van der Waals surface area (Å²) in [6, 6.07) is 5.28. The number of carboxylic acids is 1. The van der Waals surface area contributed by atoms with Gasteiger partial charge in [-0.15, -0.1) is 0 Å². The monoisotopic (exact) mass is 339 g/mol. The van der Waals surface area contributed by atoms with Crippen LogP contribution in [-0.4, -0.2) is 29.8 Å². The quantitative estimate of drug-likeness (QED) is 0.666. The molecule has 0 aromatic heterocycles. The van der Waals surface area contributed by atoms with Crippen LogP contribution in [0.5, 0.6) is 5.75 Å². The second-order valence-corrected chi connectivity index (χ2v) is 6.60. The first kappa shape index (κ1) is 18.1. The number of rotatable bonds is 9. The van der Waals surface area contributed by atoms with Crippen molar-refractivity contribution in [2.45, 2.75) is 64.0 Å². The van der Waals surface area contributed by atoms with Crippen molar-refractivity contribution in [3.8, 4) is 5.75 Å². The van der Waals surface area contributed by atoms with Crippen molar-refractivity contribution in [3.63, 3.8) is 0 Å². The van der Waals surface area contributed by atoms with Gasteiger partial charge in [-0.2, -0.15) is 0 Å². The molecule has 1 fully saturated rings. The number of carboxylic acid groups (broad SMARTS) is 1. The number of unbranched alkanes of at least 4 members (excludes halogenated alkanes) is 4. The van der Waals surface area contributed by atoms with E-state index in [-0.39, 0.29) is 6.10 Å². The van der Waals surface area contributed by atoms with Crippen LogP contribution in [0.1, 0.15) is 51.0 Å². The predicted octanol–water partition coefficient (Wildman–Crippen LogP) is 4.05. The van der Waals surface area contributed by atoms with Gasteiger partial charge in [-0.3, -0.25) is 4.79 Å². The van der Waals surface area contributed by atoms with Crippen LogP contribution in [0.3, 0.4) is 0 Å². The molecule has 1 heterocycles. The Bertz CT molecular complexity index is 521. The molecule has 2 rings (SSSR count). The van der Waals surface area contributed by atoms with Crippen LogP contribution in [-0.2, 0) is 11.2 Å². The zero-order valence-corrected chi connectivity index (χ0v) is 14.4. The molecule has 0 amide bonds. The Kier molecular flexibility index (Phi) is 7.18. The zero-order valence-electron chi connectivity index (χ0n) is 13.7. The van der Waals surface area contributed by atoms with Crippen LogP contribution in [0, 0.1) is 0 Å². The molecule has 2 N–H and O–H groups in total. The molecule has 128 valence electrons. The molecule has 0 unspecified atom stereocenters. The molecule has 0 saturated carbocycles. The SMILES string of the molecule is CCCCCCCc1ccc(O[C@@H]2CN[C@@H](C(=O)O)C2)cc1Cl. The van der Waals surface area contributed by atoms with Crippen LogP contribution in [0.2, 0.25) is 5.02 Å². The molecule has 4 nitrogen and oxygen atoms in total. The van der Waals surface area contributed by atoms with Crippen LogP contribution >= 0.6 is 11.6 Å². The highest BCUT2D eigenvalue weighted by Crippen LogP contribution is 2.26. The molecular formula is C18H26ClNO3. The van der Waals surface area contributed by atoms with E-state index in [1.165, 1.54) is 25.7 Å². The van der Waals surface area contributed by atoms with Gasteiger partial charge in [0, 0.05) is 18.0 Å². The lowest BCUT2D eigenvalue weighted by atomic mass is 10.1. The van der Waals surface area contributed by atoms with E-state index in [0.29, 0.717) is 18.7 Å². The number of aryl methyl sites for hydroxylation is 1. The number of carbonyl (C=O) groups is 1. The molecule has 1 saturated heterocycles. The minimum absolute atomic E-state index is 0.118. The summed E-state index contributed by atoms with van der Waals surface area (Å²) in [6.45, 7) is 2.77. The van der Waals surface area contributed by atoms with Gasteiger partial charge in [-0.25, -0.2) is 0 Å². The smallest absolute Gasteiger partial charge is 0.320 e. The summed E-state index contributed by atoms with van der Waals surface area (Å²) in [5.74, 6) is -0.116. The van der Waals surface area contributed by atoms with Gasteiger partial charge in [-0.1, -0.05) is 50.3 Å². The topological polar surface area (TPSA) is 58.6 Å². The highest BCUT2D eigenvalue weighted by atomic mass is 35.5. The Balaban J connectivity index is 1.81. The first-order chi connectivity index (χ1) is 11.1. The molecular weight excluding hydrogens is 314 g/mol. The van der Waals surface area contributed by atoms with Crippen molar-refractivity contribution in [2.75, 3.05) is 6.54 Å². The molecule has 1 aliphatic rings. The van der Waals surface area contributed by atoms with Gasteiger partial charge in [-0.05, 0) is 30.5 Å². The molecule has 0 spiro atoms. The molecule has 0 bridgehead atoms. The Morgan fingerprint density at radius 3 is 2.78 bits per heavy atom. The minimum atomic E-state index is -0.826. The average molecular weight is 340 g/mol. The first-order valence-corrected chi connectivity index (χ1v) is 8.89. The fraction of sp³-hybridized carbons (Fsp3) is 0.611. The largest absolute Gasteiger partial charge is 0.489 e.